The van der Waals surface area contributed by atoms with E-state index in [1.165, 1.54) is 0 Å². The molecule has 1 aliphatic heterocycles. The van der Waals surface area contributed by atoms with E-state index < -0.39 is 17.5 Å². The molecule has 1 amide bonds. The van der Waals surface area contributed by atoms with Crippen LogP contribution in [-0.2, 0) is 14.3 Å². The van der Waals surface area contributed by atoms with Crippen molar-refractivity contribution in [1.29, 1.82) is 0 Å². The number of primary amides is 1. The second-order valence-corrected chi connectivity index (χ2v) is 5.04. The van der Waals surface area contributed by atoms with Crippen LogP contribution in [0.3, 0.4) is 0 Å². The third-order valence-electron chi connectivity index (χ3n) is 2.99. The van der Waals surface area contributed by atoms with Gasteiger partial charge in [0, 0.05) is 13.1 Å². The van der Waals surface area contributed by atoms with Gasteiger partial charge in [-0.25, -0.2) is 4.79 Å². The van der Waals surface area contributed by atoms with E-state index in [0.29, 0.717) is 19.5 Å². The molecule has 2 unspecified atom stereocenters. The number of hydrogen-bond donors (Lipinski definition) is 3. The van der Waals surface area contributed by atoms with Crippen molar-refractivity contribution in [3.05, 3.63) is 0 Å². The van der Waals surface area contributed by atoms with Gasteiger partial charge in [0.15, 0.2) is 6.10 Å². The predicted octanol–water partition coefficient (Wildman–Crippen LogP) is -0.280. The van der Waals surface area contributed by atoms with E-state index in [2.05, 4.69) is 5.32 Å². The molecular weight excluding hydrogens is 224 g/mol. The molecule has 1 fully saturated rings. The topological polar surface area (TPSA) is 102 Å². The van der Waals surface area contributed by atoms with E-state index in [-0.39, 0.29) is 12.0 Å². The number of nitrogens with one attached hydrogen (secondary N) is 1. The Morgan fingerprint density at radius 3 is 2.59 bits per heavy atom. The molecule has 0 aromatic heterocycles. The minimum atomic E-state index is -0.912. The Morgan fingerprint density at radius 1 is 1.47 bits per heavy atom. The lowest BCUT2D eigenvalue weighted by Crippen LogP contribution is -2.42. The Hall–Kier alpha value is -1.14. The van der Waals surface area contributed by atoms with Gasteiger partial charge in [0.25, 0.3) is 0 Å². The maximum atomic E-state index is 11.1. The molecule has 1 heterocycles. The molecule has 6 nitrogen and oxygen atoms in total. The largest absolute Gasteiger partial charge is 0.479 e. The number of rotatable bonds is 6. The lowest BCUT2D eigenvalue weighted by Gasteiger charge is -2.22. The number of ether oxygens (including phenoxy) is 1. The molecule has 0 spiro atoms. The highest BCUT2D eigenvalue weighted by atomic mass is 16.5. The summed E-state index contributed by atoms with van der Waals surface area (Å²) in [5.41, 5.74) is 4.63. The van der Waals surface area contributed by atoms with Gasteiger partial charge >= 0.3 is 5.97 Å². The first-order valence-electron chi connectivity index (χ1n) is 5.72. The van der Waals surface area contributed by atoms with Crippen LogP contribution in [-0.4, -0.2) is 42.3 Å². The Bertz CT molecular complexity index is 304. The van der Waals surface area contributed by atoms with Crippen molar-refractivity contribution >= 4 is 11.9 Å². The predicted molar refractivity (Wildman–Crippen MR) is 61.4 cm³/mol. The molecule has 0 saturated carbocycles. The van der Waals surface area contributed by atoms with Crippen LogP contribution in [0.15, 0.2) is 0 Å². The van der Waals surface area contributed by atoms with Crippen LogP contribution in [0.5, 0.6) is 0 Å². The van der Waals surface area contributed by atoms with Gasteiger partial charge in [-0.05, 0) is 26.7 Å². The van der Waals surface area contributed by atoms with Gasteiger partial charge in [-0.1, -0.05) is 0 Å². The molecule has 1 rings (SSSR count). The van der Waals surface area contributed by atoms with Crippen LogP contribution in [0.1, 0.15) is 26.7 Å². The molecule has 0 aliphatic carbocycles. The molecule has 4 N–H and O–H groups in total. The number of nitrogens with two attached hydrogens (primary N) is 1. The number of carboxylic acid groups (broad SMARTS) is 1. The van der Waals surface area contributed by atoms with Crippen molar-refractivity contribution in [2.24, 2.45) is 11.1 Å². The summed E-state index contributed by atoms with van der Waals surface area (Å²) < 4.78 is 5.32. The van der Waals surface area contributed by atoms with E-state index in [1.54, 1.807) is 13.8 Å². The first-order valence-corrected chi connectivity index (χ1v) is 5.72. The summed E-state index contributed by atoms with van der Waals surface area (Å²) in [7, 11) is 0. The molecule has 6 heteroatoms. The fourth-order valence-corrected chi connectivity index (χ4v) is 1.67. The lowest BCUT2D eigenvalue weighted by atomic mass is 9.93. The molecular formula is C11H20N2O4. The highest BCUT2D eigenvalue weighted by molar-refractivity contribution is 5.80. The fraction of sp³-hybridized carbons (Fsp3) is 0.818. The quantitative estimate of drug-likeness (QED) is 0.596. The highest BCUT2D eigenvalue weighted by Crippen LogP contribution is 2.19. The first-order chi connectivity index (χ1) is 7.83. The summed E-state index contributed by atoms with van der Waals surface area (Å²) in [6, 6.07) is 0. The molecule has 98 valence electrons. The summed E-state index contributed by atoms with van der Waals surface area (Å²) >= 11 is 0. The van der Waals surface area contributed by atoms with Gasteiger partial charge in [0.2, 0.25) is 5.91 Å². The summed E-state index contributed by atoms with van der Waals surface area (Å²) in [4.78, 5) is 21.7. The van der Waals surface area contributed by atoms with Crippen LogP contribution in [0.4, 0.5) is 0 Å². The molecule has 2 atom stereocenters. The van der Waals surface area contributed by atoms with Crippen molar-refractivity contribution in [1.82, 2.24) is 5.32 Å². The second kappa shape index (κ2) is 5.46. The normalized spacial score (nSPS) is 24.8. The van der Waals surface area contributed by atoms with Crippen LogP contribution in [0.2, 0.25) is 0 Å². The van der Waals surface area contributed by atoms with E-state index in [4.69, 9.17) is 15.6 Å². The second-order valence-electron chi connectivity index (χ2n) is 5.04. The molecule has 1 aliphatic rings. The summed E-state index contributed by atoms with van der Waals surface area (Å²) in [5, 5.41) is 11.8. The monoisotopic (exact) mass is 244 g/mol. The molecule has 0 aromatic carbocycles. The standard InChI is InChI=1S/C11H20N2O4/c1-11(2,10(12)16)6-13-5-7-3-4-8(17-7)9(14)15/h7-8,13H,3-6H2,1-2H3,(H2,12,16)(H,14,15). The van der Waals surface area contributed by atoms with E-state index in [9.17, 15) is 9.59 Å². The van der Waals surface area contributed by atoms with Gasteiger partial charge in [0.05, 0.1) is 11.5 Å². The van der Waals surface area contributed by atoms with Crippen LogP contribution < -0.4 is 11.1 Å². The smallest absolute Gasteiger partial charge is 0.332 e. The Labute approximate surface area is 101 Å². The average molecular weight is 244 g/mol. The van der Waals surface area contributed by atoms with Crippen molar-refractivity contribution < 1.29 is 19.4 Å². The first kappa shape index (κ1) is 13.9. The zero-order valence-corrected chi connectivity index (χ0v) is 10.2. The fourth-order valence-electron chi connectivity index (χ4n) is 1.67. The van der Waals surface area contributed by atoms with E-state index in [1.807, 2.05) is 0 Å². The zero-order chi connectivity index (χ0) is 13.1. The van der Waals surface area contributed by atoms with Crippen LogP contribution in [0, 0.1) is 5.41 Å². The van der Waals surface area contributed by atoms with Crippen molar-refractivity contribution in [3.8, 4) is 0 Å². The minimum absolute atomic E-state index is 0.0974. The number of aliphatic carboxylic acids is 1. The van der Waals surface area contributed by atoms with Crippen molar-refractivity contribution in [2.45, 2.75) is 38.9 Å². The van der Waals surface area contributed by atoms with E-state index >= 15 is 0 Å². The van der Waals surface area contributed by atoms with Gasteiger partial charge in [-0.3, -0.25) is 4.79 Å². The third kappa shape index (κ3) is 3.98. The number of carboxylic acids is 1. The maximum Gasteiger partial charge on any atom is 0.332 e. The molecule has 17 heavy (non-hydrogen) atoms. The maximum absolute atomic E-state index is 11.1. The zero-order valence-electron chi connectivity index (χ0n) is 10.2. The van der Waals surface area contributed by atoms with Gasteiger partial charge in [-0.2, -0.15) is 0 Å². The highest BCUT2D eigenvalue weighted by Gasteiger charge is 2.31. The van der Waals surface area contributed by atoms with Crippen LogP contribution in [0.25, 0.3) is 0 Å². The summed E-state index contributed by atoms with van der Waals surface area (Å²) in [6.07, 6.45) is 0.479. The Morgan fingerprint density at radius 2 is 2.12 bits per heavy atom. The molecule has 1 saturated heterocycles. The summed E-state index contributed by atoms with van der Waals surface area (Å²) in [6.45, 7) is 4.52. The third-order valence-corrected chi connectivity index (χ3v) is 2.99. The van der Waals surface area contributed by atoms with Gasteiger partial charge in [-0.15, -0.1) is 0 Å². The molecule has 0 radical (unpaired) electrons. The molecule has 0 aromatic rings. The van der Waals surface area contributed by atoms with E-state index in [0.717, 1.165) is 6.42 Å². The van der Waals surface area contributed by atoms with Crippen molar-refractivity contribution in [2.75, 3.05) is 13.1 Å². The van der Waals surface area contributed by atoms with Crippen molar-refractivity contribution in [3.63, 3.8) is 0 Å². The van der Waals surface area contributed by atoms with Crippen LogP contribution >= 0.6 is 0 Å². The number of hydrogen-bond acceptors (Lipinski definition) is 4. The van der Waals surface area contributed by atoms with Gasteiger partial charge in [0.1, 0.15) is 0 Å². The summed E-state index contributed by atoms with van der Waals surface area (Å²) in [5.74, 6) is -1.27. The lowest BCUT2D eigenvalue weighted by molar-refractivity contribution is -0.149. The molecule has 0 bridgehead atoms. The average Bonchev–Trinajstić information content (AvgIpc) is 2.66. The SMILES string of the molecule is CC(C)(CNCC1CCC(C(=O)O)O1)C(N)=O. The van der Waals surface area contributed by atoms with Gasteiger partial charge < -0.3 is 20.9 Å². The minimum Gasteiger partial charge on any atom is -0.479 e. The number of carbonyl (C=O) groups is 2. The Balaban J connectivity index is 2.25. The number of amides is 1. The number of carbonyl (C=O) groups excluding carboxylic acids is 1. The Kier molecular flexibility index (Phi) is 4.47.